The van der Waals surface area contributed by atoms with Crippen LogP contribution < -0.4 is 19.1 Å². The van der Waals surface area contributed by atoms with Gasteiger partial charge in [-0.3, -0.25) is 0 Å². The minimum atomic E-state index is -5.19. The molecule has 0 unspecified atom stereocenters. The fourth-order valence-electron chi connectivity index (χ4n) is 3.99. The summed E-state index contributed by atoms with van der Waals surface area (Å²) in [4.78, 5) is 8.78. The summed E-state index contributed by atoms with van der Waals surface area (Å²) < 4.78 is 44.7. The highest BCUT2D eigenvalue weighted by molar-refractivity contribution is 6.02. The lowest BCUT2D eigenvalue weighted by atomic mass is 9.98. The number of fused-ring (bicyclic) bond motifs is 5. The van der Waals surface area contributed by atoms with Gasteiger partial charge in [0.1, 0.15) is 5.97 Å². The van der Waals surface area contributed by atoms with Crippen LogP contribution in [-0.2, 0) is 4.79 Å². The number of alkyl halides is 3. The first-order valence-corrected chi connectivity index (χ1v) is 10.5. The molecule has 0 saturated carbocycles. The van der Waals surface area contributed by atoms with E-state index in [-0.39, 0.29) is 0 Å². The summed E-state index contributed by atoms with van der Waals surface area (Å²) in [5.41, 5.74) is 5.93. The molecule has 1 aromatic heterocycles. The van der Waals surface area contributed by atoms with Crippen molar-refractivity contribution in [2.75, 3.05) is 14.2 Å². The summed E-state index contributed by atoms with van der Waals surface area (Å²) >= 11 is 0. The topological polar surface area (TPSA) is 62.5 Å². The standard InChI is InChI=1S/C25H20NO2.C2HF3O2/c1-27-23-12-11-17(16-24(23)28-2)15-21-20-9-5-6-10-22(20)26-14-13-18-7-3-4-8-19(18)25(21)26;3-2(4,5)1(6)7/h3-16H,1-2H3;(H,6,7)/q+1;/p-1/b21-15-;. The predicted molar refractivity (Wildman–Crippen MR) is 123 cm³/mol. The molecule has 1 aliphatic heterocycles. The number of methoxy groups -OCH3 is 2. The molecule has 0 atom stereocenters. The van der Waals surface area contributed by atoms with Gasteiger partial charge in [0.05, 0.1) is 30.7 Å². The summed E-state index contributed by atoms with van der Waals surface area (Å²) in [6, 6.07) is 25.3. The SMILES string of the molecule is COc1ccc(/C=C2/c3ccccc3-[n+]3ccc4ccccc4c32)cc1OC.O=C([O-])C(F)(F)F. The van der Waals surface area contributed by atoms with Crippen LogP contribution in [0.1, 0.15) is 16.8 Å². The minimum absolute atomic E-state index is 0.730. The Bertz CT molecular complexity index is 1440. The molecule has 1 aliphatic rings. The first kappa shape index (κ1) is 23.8. The van der Waals surface area contributed by atoms with Gasteiger partial charge in [-0.1, -0.05) is 36.4 Å². The molecule has 0 fully saturated rings. The first-order valence-electron chi connectivity index (χ1n) is 10.5. The Morgan fingerprint density at radius 2 is 1.57 bits per heavy atom. The molecule has 8 heteroatoms. The van der Waals surface area contributed by atoms with Crippen LogP contribution in [0.4, 0.5) is 13.2 Å². The van der Waals surface area contributed by atoms with E-state index in [2.05, 4.69) is 77.5 Å². The van der Waals surface area contributed by atoms with Crippen LogP contribution in [-0.4, -0.2) is 26.4 Å². The van der Waals surface area contributed by atoms with Crippen molar-refractivity contribution in [3.05, 3.63) is 95.8 Å². The molecule has 4 aromatic rings. The zero-order valence-electron chi connectivity index (χ0n) is 18.8. The second-order valence-electron chi connectivity index (χ2n) is 7.60. The molecule has 0 saturated heterocycles. The maximum atomic E-state index is 10.5. The molecular weight excluding hydrogens is 459 g/mol. The Hall–Kier alpha value is -4.33. The molecule has 0 N–H and O–H groups in total. The number of hydrogen-bond donors (Lipinski definition) is 0. The van der Waals surface area contributed by atoms with Gasteiger partial charge < -0.3 is 19.4 Å². The van der Waals surface area contributed by atoms with Gasteiger partial charge in [0, 0.05) is 12.1 Å². The third-order valence-corrected chi connectivity index (χ3v) is 5.52. The number of aliphatic carboxylic acids is 1. The smallest absolute Gasteiger partial charge is 0.430 e. The number of ether oxygens (including phenoxy) is 2. The highest BCUT2D eigenvalue weighted by Gasteiger charge is 2.33. The largest absolute Gasteiger partial charge is 0.542 e. The van der Waals surface area contributed by atoms with Crippen LogP contribution >= 0.6 is 0 Å². The van der Waals surface area contributed by atoms with Gasteiger partial charge in [0.2, 0.25) is 11.4 Å². The Balaban J connectivity index is 0.000000364. The average Bonchev–Trinajstić information content (AvgIpc) is 3.17. The van der Waals surface area contributed by atoms with Gasteiger partial charge in [-0.05, 0) is 41.3 Å². The Labute approximate surface area is 199 Å². The summed E-state index contributed by atoms with van der Waals surface area (Å²) in [6.45, 7) is 0. The number of carboxylic acids is 1. The van der Waals surface area contributed by atoms with E-state index in [9.17, 15) is 13.2 Å². The monoisotopic (exact) mass is 479 g/mol. The number of pyridine rings is 1. The van der Waals surface area contributed by atoms with Crippen LogP contribution in [0.15, 0.2) is 79.0 Å². The van der Waals surface area contributed by atoms with E-state index in [0.29, 0.717) is 0 Å². The van der Waals surface area contributed by atoms with Crippen molar-refractivity contribution in [3.63, 3.8) is 0 Å². The van der Waals surface area contributed by atoms with Crippen molar-refractivity contribution in [1.82, 2.24) is 0 Å². The van der Waals surface area contributed by atoms with Crippen molar-refractivity contribution in [2.24, 2.45) is 0 Å². The molecule has 0 aliphatic carbocycles. The molecular formula is C27H20F3NO4. The number of rotatable bonds is 3. The molecule has 35 heavy (non-hydrogen) atoms. The van der Waals surface area contributed by atoms with E-state index in [1.807, 2.05) is 12.1 Å². The maximum absolute atomic E-state index is 10.5. The zero-order valence-corrected chi connectivity index (χ0v) is 18.8. The average molecular weight is 479 g/mol. The lowest BCUT2D eigenvalue weighted by Gasteiger charge is -2.08. The van der Waals surface area contributed by atoms with Crippen molar-refractivity contribution in [1.29, 1.82) is 0 Å². The molecule has 0 amide bonds. The third-order valence-electron chi connectivity index (χ3n) is 5.52. The number of halogens is 3. The van der Waals surface area contributed by atoms with Crippen molar-refractivity contribution >= 4 is 28.4 Å². The lowest BCUT2D eigenvalue weighted by Crippen LogP contribution is -2.37. The van der Waals surface area contributed by atoms with E-state index >= 15 is 0 Å². The Kier molecular flexibility index (Phi) is 6.46. The van der Waals surface area contributed by atoms with E-state index < -0.39 is 12.1 Å². The quantitative estimate of drug-likeness (QED) is 0.362. The second kappa shape index (κ2) is 9.50. The molecule has 178 valence electrons. The minimum Gasteiger partial charge on any atom is -0.542 e. The van der Waals surface area contributed by atoms with E-state index in [4.69, 9.17) is 19.4 Å². The zero-order chi connectivity index (χ0) is 25.2. The summed E-state index contributed by atoms with van der Waals surface area (Å²) in [7, 11) is 3.32. The highest BCUT2D eigenvalue weighted by Crippen LogP contribution is 2.37. The predicted octanol–water partition coefficient (Wildman–Crippen LogP) is 4.33. The van der Waals surface area contributed by atoms with E-state index in [0.717, 1.165) is 17.1 Å². The fraction of sp³-hybridized carbons (Fsp3) is 0.111. The summed E-state index contributed by atoms with van der Waals surface area (Å²) in [6.07, 6.45) is -0.808. The Morgan fingerprint density at radius 3 is 2.26 bits per heavy atom. The summed E-state index contributed by atoms with van der Waals surface area (Å²) in [5.74, 6) is -1.54. The number of nitrogens with zero attached hydrogens (tertiary/aromatic N) is 1. The molecule has 0 bridgehead atoms. The molecule has 0 radical (unpaired) electrons. The number of aromatic nitrogens is 1. The number of para-hydroxylation sites is 1. The van der Waals surface area contributed by atoms with Gasteiger partial charge in [-0.15, -0.1) is 0 Å². The van der Waals surface area contributed by atoms with Gasteiger partial charge in [0.25, 0.3) is 0 Å². The number of carbonyl (C=O) groups is 1. The van der Waals surface area contributed by atoms with Gasteiger partial charge in [-0.2, -0.15) is 17.7 Å². The fourth-order valence-corrected chi connectivity index (χ4v) is 3.99. The number of carboxylic acid groups (broad SMARTS) is 1. The van der Waals surface area contributed by atoms with E-state index in [1.165, 1.54) is 33.3 Å². The second-order valence-corrected chi connectivity index (χ2v) is 7.60. The van der Waals surface area contributed by atoms with Crippen LogP contribution in [0, 0.1) is 0 Å². The van der Waals surface area contributed by atoms with E-state index in [1.54, 1.807) is 14.2 Å². The van der Waals surface area contributed by atoms with Gasteiger partial charge in [-0.25, -0.2) is 0 Å². The number of carbonyl (C=O) groups excluding carboxylic acids is 1. The normalized spacial score (nSPS) is 13.0. The number of benzene rings is 3. The third kappa shape index (κ3) is 4.68. The summed E-state index contributed by atoms with van der Waals surface area (Å²) in [5, 5.41) is 11.3. The maximum Gasteiger partial charge on any atom is 0.430 e. The van der Waals surface area contributed by atoms with Crippen molar-refractivity contribution in [3.8, 4) is 17.2 Å². The number of hydrogen-bond acceptors (Lipinski definition) is 4. The molecule has 5 rings (SSSR count). The Morgan fingerprint density at radius 1 is 0.914 bits per heavy atom. The molecule has 3 aromatic carbocycles. The molecule has 2 heterocycles. The van der Waals surface area contributed by atoms with Crippen LogP contribution in [0.3, 0.4) is 0 Å². The van der Waals surface area contributed by atoms with Crippen LogP contribution in [0.5, 0.6) is 11.5 Å². The molecule has 0 spiro atoms. The molecule has 5 nitrogen and oxygen atoms in total. The van der Waals surface area contributed by atoms with Crippen LogP contribution in [0.2, 0.25) is 0 Å². The van der Waals surface area contributed by atoms with Gasteiger partial charge >= 0.3 is 6.18 Å². The lowest BCUT2D eigenvalue weighted by molar-refractivity contribution is -0.592. The van der Waals surface area contributed by atoms with Crippen molar-refractivity contribution in [2.45, 2.75) is 6.18 Å². The first-order chi connectivity index (χ1) is 16.7. The van der Waals surface area contributed by atoms with Gasteiger partial charge in [0.15, 0.2) is 17.7 Å². The van der Waals surface area contributed by atoms with Crippen LogP contribution in [0.25, 0.3) is 28.1 Å². The highest BCUT2D eigenvalue weighted by atomic mass is 19.4. The van der Waals surface area contributed by atoms with Crippen molar-refractivity contribution < 1.29 is 37.1 Å².